The smallest absolute Gasteiger partial charge is 0.115 e. The minimum atomic E-state index is -0.753. The number of aromatic nitrogens is 1. The predicted octanol–water partition coefficient (Wildman–Crippen LogP) is 4.29. The van der Waals surface area contributed by atoms with Crippen molar-refractivity contribution in [2.24, 2.45) is 5.92 Å². The Bertz CT molecular complexity index is 1290. The van der Waals surface area contributed by atoms with Gasteiger partial charge in [0.2, 0.25) is 0 Å². The molecule has 5 nitrogen and oxygen atoms in total. The van der Waals surface area contributed by atoms with Crippen LogP contribution >= 0.6 is 0 Å². The van der Waals surface area contributed by atoms with Gasteiger partial charge in [0, 0.05) is 54.8 Å². The molecule has 2 aromatic carbocycles. The van der Waals surface area contributed by atoms with Crippen LogP contribution in [0.3, 0.4) is 0 Å². The van der Waals surface area contributed by atoms with Gasteiger partial charge in [-0.25, -0.2) is 0 Å². The van der Waals surface area contributed by atoms with Crippen molar-refractivity contribution >= 4 is 10.8 Å². The highest BCUT2D eigenvalue weighted by Gasteiger charge is 2.63. The molecule has 36 heavy (non-hydrogen) atoms. The molecule has 0 unspecified atom stereocenters. The number of likely N-dealkylation sites (tertiary alicyclic amines) is 2. The zero-order valence-electron chi connectivity index (χ0n) is 21.1. The van der Waals surface area contributed by atoms with Crippen LogP contribution in [0, 0.1) is 5.92 Å². The summed E-state index contributed by atoms with van der Waals surface area (Å²) in [6.45, 7) is 5.03. The van der Waals surface area contributed by atoms with Crippen LogP contribution < -0.4 is 0 Å². The molecule has 4 aliphatic rings. The van der Waals surface area contributed by atoms with Crippen LogP contribution in [0.1, 0.15) is 48.9 Å². The third-order valence-corrected chi connectivity index (χ3v) is 9.89. The molecule has 2 saturated heterocycles. The van der Waals surface area contributed by atoms with Gasteiger partial charge in [-0.15, -0.1) is 0 Å². The molecule has 2 N–H and O–H groups in total. The average Bonchev–Trinajstić information content (AvgIpc) is 3.72. The number of fused-ring (bicyclic) bond motifs is 2. The van der Waals surface area contributed by atoms with Crippen LogP contribution in [0.15, 0.2) is 54.7 Å². The lowest BCUT2D eigenvalue weighted by Crippen LogP contribution is -2.71. The molecule has 2 aliphatic carbocycles. The average molecular weight is 484 g/mol. The number of hydrogen-bond acceptors (Lipinski definition) is 5. The quantitative estimate of drug-likeness (QED) is 0.567. The fourth-order valence-corrected chi connectivity index (χ4v) is 7.67. The van der Waals surface area contributed by atoms with Gasteiger partial charge in [0.15, 0.2) is 0 Å². The van der Waals surface area contributed by atoms with Crippen molar-refractivity contribution in [1.82, 2.24) is 14.8 Å². The lowest BCUT2D eigenvalue weighted by Gasteiger charge is -2.61. The Hall–Kier alpha value is -2.47. The highest BCUT2D eigenvalue weighted by molar-refractivity contribution is 5.81. The van der Waals surface area contributed by atoms with E-state index in [9.17, 15) is 10.2 Å². The van der Waals surface area contributed by atoms with Crippen molar-refractivity contribution in [2.75, 3.05) is 32.7 Å². The summed E-state index contributed by atoms with van der Waals surface area (Å²) in [5.74, 6) is 1.15. The Morgan fingerprint density at radius 3 is 2.61 bits per heavy atom. The molecule has 0 radical (unpaired) electrons. The lowest BCUT2D eigenvalue weighted by molar-refractivity contribution is -0.149. The number of phenolic OH excluding ortho intramolecular Hbond substituents is 1. The molecule has 0 spiro atoms. The number of hydrogen-bond donors (Lipinski definition) is 2. The number of pyridine rings is 1. The van der Waals surface area contributed by atoms with Crippen molar-refractivity contribution in [1.29, 1.82) is 0 Å². The summed E-state index contributed by atoms with van der Waals surface area (Å²) in [6, 6.07) is 16.7. The van der Waals surface area contributed by atoms with E-state index in [-0.39, 0.29) is 11.5 Å². The van der Waals surface area contributed by atoms with E-state index >= 15 is 0 Å². The Labute approximate surface area is 213 Å². The Balaban J connectivity index is 1.16. The number of aromatic hydroxyl groups is 1. The standard InChI is InChI=1S/C31H37N3O2/c35-27-8-7-24-18-29-31(36)12-15-33(13-9-26-17-23-3-1-2-4-25(23)20-32-26)14-10-30(31,28(24)19-27)11-16-34(29)21-22-5-6-22/h1-4,7-8,17,19-20,22,29,35-36H,5-6,9-16,18,21H2/t29-,30+,31-/m1/s1. The fourth-order valence-electron chi connectivity index (χ4n) is 7.67. The number of nitrogens with zero attached hydrogens (tertiary/aromatic N) is 3. The second kappa shape index (κ2) is 8.54. The van der Waals surface area contributed by atoms with E-state index in [4.69, 9.17) is 4.98 Å². The van der Waals surface area contributed by atoms with Crippen molar-refractivity contribution in [2.45, 2.75) is 62.0 Å². The largest absolute Gasteiger partial charge is 0.508 e. The summed E-state index contributed by atoms with van der Waals surface area (Å²) in [5, 5.41) is 25.5. The van der Waals surface area contributed by atoms with E-state index in [2.05, 4.69) is 46.2 Å². The molecule has 3 aromatic rings. The van der Waals surface area contributed by atoms with Gasteiger partial charge in [-0.3, -0.25) is 9.88 Å². The van der Waals surface area contributed by atoms with E-state index in [0.29, 0.717) is 5.75 Å². The third kappa shape index (κ3) is 3.67. The van der Waals surface area contributed by atoms with Crippen LogP contribution in [-0.2, 0) is 18.3 Å². The first kappa shape index (κ1) is 22.7. The molecule has 1 aromatic heterocycles. The second-order valence-electron chi connectivity index (χ2n) is 11.9. The summed E-state index contributed by atoms with van der Waals surface area (Å²) in [7, 11) is 0. The normalized spacial score (nSPS) is 30.5. The Kier molecular flexibility index (Phi) is 5.39. The minimum absolute atomic E-state index is 0.172. The fraction of sp³-hybridized carbons (Fsp3) is 0.516. The van der Waals surface area contributed by atoms with Crippen molar-refractivity contribution in [3.8, 4) is 5.75 Å². The first-order chi connectivity index (χ1) is 17.5. The molecule has 7 rings (SSSR count). The zero-order chi connectivity index (χ0) is 24.3. The monoisotopic (exact) mass is 483 g/mol. The van der Waals surface area contributed by atoms with Crippen LogP contribution in [0.25, 0.3) is 10.8 Å². The van der Waals surface area contributed by atoms with E-state index in [0.717, 1.165) is 76.4 Å². The van der Waals surface area contributed by atoms with Crippen molar-refractivity contribution in [3.05, 3.63) is 71.5 Å². The maximum Gasteiger partial charge on any atom is 0.115 e. The second-order valence-corrected chi connectivity index (χ2v) is 11.9. The van der Waals surface area contributed by atoms with Gasteiger partial charge in [0.25, 0.3) is 0 Å². The van der Waals surface area contributed by atoms with Crippen LogP contribution in [0.2, 0.25) is 0 Å². The van der Waals surface area contributed by atoms with Gasteiger partial charge in [-0.05, 0) is 92.2 Å². The molecule has 5 heteroatoms. The molecule has 2 bridgehead atoms. The zero-order valence-corrected chi connectivity index (χ0v) is 21.1. The number of piperidine rings is 1. The highest BCUT2D eigenvalue weighted by Crippen LogP contribution is 2.56. The maximum atomic E-state index is 12.6. The Morgan fingerprint density at radius 2 is 1.75 bits per heavy atom. The molecule has 188 valence electrons. The number of phenols is 1. The van der Waals surface area contributed by atoms with Gasteiger partial charge in [0.1, 0.15) is 5.75 Å². The number of benzene rings is 2. The lowest BCUT2D eigenvalue weighted by atomic mass is 9.52. The highest BCUT2D eigenvalue weighted by atomic mass is 16.3. The summed E-state index contributed by atoms with van der Waals surface area (Å²) in [6.07, 6.45) is 9.19. The van der Waals surface area contributed by atoms with Gasteiger partial charge in [-0.1, -0.05) is 30.3 Å². The molecular weight excluding hydrogens is 446 g/mol. The third-order valence-electron chi connectivity index (χ3n) is 9.89. The van der Waals surface area contributed by atoms with Crippen molar-refractivity contribution in [3.63, 3.8) is 0 Å². The Morgan fingerprint density at radius 1 is 0.944 bits per heavy atom. The topological polar surface area (TPSA) is 59.8 Å². The summed E-state index contributed by atoms with van der Waals surface area (Å²) < 4.78 is 0. The summed E-state index contributed by atoms with van der Waals surface area (Å²) in [4.78, 5) is 9.90. The summed E-state index contributed by atoms with van der Waals surface area (Å²) in [5.41, 5.74) is 2.65. The van der Waals surface area contributed by atoms with Crippen LogP contribution in [0.5, 0.6) is 5.75 Å². The molecule has 2 aliphatic heterocycles. The van der Waals surface area contributed by atoms with E-state index in [1.54, 1.807) is 0 Å². The van der Waals surface area contributed by atoms with E-state index < -0.39 is 5.60 Å². The molecule has 3 heterocycles. The number of aliphatic hydroxyl groups is 1. The minimum Gasteiger partial charge on any atom is -0.508 e. The van der Waals surface area contributed by atoms with E-state index in [1.165, 1.54) is 34.7 Å². The van der Waals surface area contributed by atoms with Crippen LogP contribution in [0.4, 0.5) is 0 Å². The van der Waals surface area contributed by atoms with Gasteiger partial charge < -0.3 is 15.1 Å². The summed E-state index contributed by atoms with van der Waals surface area (Å²) >= 11 is 0. The van der Waals surface area contributed by atoms with E-state index in [1.807, 2.05) is 18.3 Å². The maximum absolute atomic E-state index is 12.6. The molecule has 3 atom stereocenters. The first-order valence-electron chi connectivity index (χ1n) is 13.9. The molecule has 3 fully saturated rings. The molecule has 0 amide bonds. The number of rotatable bonds is 5. The van der Waals surface area contributed by atoms with Crippen molar-refractivity contribution < 1.29 is 10.2 Å². The van der Waals surface area contributed by atoms with Gasteiger partial charge >= 0.3 is 0 Å². The van der Waals surface area contributed by atoms with Gasteiger partial charge in [0.05, 0.1) is 5.60 Å². The first-order valence-corrected chi connectivity index (χ1v) is 13.9. The van der Waals surface area contributed by atoms with Gasteiger partial charge in [-0.2, -0.15) is 0 Å². The molecule has 1 saturated carbocycles. The predicted molar refractivity (Wildman–Crippen MR) is 142 cm³/mol. The van der Waals surface area contributed by atoms with Crippen LogP contribution in [-0.4, -0.2) is 69.4 Å². The molecular formula is C31H37N3O2. The SMILES string of the molecule is Oc1ccc2c(c1)[C@@]13CCN(CCc4cc5ccccc5cn4)CC[C@@]1(O)[C@@H](C2)N(CC1CC1)CC3.